The third-order valence-electron chi connectivity index (χ3n) is 5.45. The highest BCUT2D eigenvalue weighted by molar-refractivity contribution is 7.13. The van der Waals surface area contributed by atoms with Crippen molar-refractivity contribution in [3.05, 3.63) is 76.6 Å². The van der Waals surface area contributed by atoms with Gasteiger partial charge in [0.15, 0.2) is 0 Å². The van der Waals surface area contributed by atoms with Crippen LogP contribution in [0.4, 0.5) is 5.69 Å². The standard InChI is InChI=1S/C24H19ClN4O3S/c25-18-8-6-15(7-9-18)13-26-23(31)17-12-21(30)29(14-17)19-4-1-3-16(11-19)22-27-24(32-28-22)20-5-2-10-33-20/h1-11,17H,12-14H2,(H,26,31)/t17-/m1/s1. The van der Waals surface area contributed by atoms with Crippen molar-refractivity contribution >= 4 is 40.4 Å². The van der Waals surface area contributed by atoms with Crippen molar-refractivity contribution in [1.82, 2.24) is 15.5 Å². The van der Waals surface area contributed by atoms with E-state index in [1.54, 1.807) is 17.0 Å². The summed E-state index contributed by atoms with van der Waals surface area (Å²) in [5.74, 6) is 0.259. The summed E-state index contributed by atoms with van der Waals surface area (Å²) < 4.78 is 5.38. The lowest BCUT2D eigenvalue weighted by molar-refractivity contribution is -0.126. The number of hydrogen-bond acceptors (Lipinski definition) is 6. The molecule has 1 fully saturated rings. The molecule has 0 saturated carbocycles. The number of carbonyl (C=O) groups is 2. The van der Waals surface area contributed by atoms with Crippen molar-refractivity contribution in [1.29, 1.82) is 0 Å². The number of hydrogen-bond donors (Lipinski definition) is 1. The van der Waals surface area contributed by atoms with E-state index in [9.17, 15) is 9.59 Å². The zero-order valence-electron chi connectivity index (χ0n) is 17.4. The number of benzene rings is 2. The van der Waals surface area contributed by atoms with Crippen molar-refractivity contribution < 1.29 is 14.1 Å². The maximum atomic E-state index is 12.7. The van der Waals surface area contributed by atoms with Crippen LogP contribution in [0.2, 0.25) is 5.02 Å². The first kappa shape index (κ1) is 21.4. The molecule has 2 aromatic heterocycles. The molecule has 1 N–H and O–H groups in total. The molecule has 9 heteroatoms. The number of halogens is 1. The van der Waals surface area contributed by atoms with Crippen LogP contribution in [-0.4, -0.2) is 28.5 Å². The molecule has 0 radical (unpaired) electrons. The van der Waals surface area contributed by atoms with E-state index in [0.29, 0.717) is 35.5 Å². The van der Waals surface area contributed by atoms with E-state index in [-0.39, 0.29) is 18.2 Å². The van der Waals surface area contributed by atoms with Gasteiger partial charge in [0, 0.05) is 35.8 Å². The average molecular weight is 479 g/mol. The molecule has 0 unspecified atom stereocenters. The van der Waals surface area contributed by atoms with E-state index >= 15 is 0 Å². The fourth-order valence-corrected chi connectivity index (χ4v) is 4.49. The molecule has 1 aliphatic heterocycles. The average Bonchev–Trinajstić information content (AvgIpc) is 3.59. The SMILES string of the molecule is O=C(NCc1ccc(Cl)cc1)[C@@H]1CC(=O)N(c2cccc(-c3noc(-c4cccs4)n3)c2)C1. The van der Waals surface area contributed by atoms with Gasteiger partial charge in [0.05, 0.1) is 10.8 Å². The molecule has 7 nitrogen and oxygen atoms in total. The van der Waals surface area contributed by atoms with Gasteiger partial charge in [-0.15, -0.1) is 11.3 Å². The second kappa shape index (κ2) is 9.17. The Bertz CT molecular complexity index is 1290. The molecule has 2 aromatic carbocycles. The summed E-state index contributed by atoms with van der Waals surface area (Å²) in [5, 5.41) is 9.58. The number of anilines is 1. The van der Waals surface area contributed by atoms with Crippen LogP contribution in [0.15, 0.2) is 70.6 Å². The highest BCUT2D eigenvalue weighted by Gasteiger charge is 2.35. The molecule has 1 aliphatic rings. The summed E-state index contributed by atoms with van der Waals surface area (Å²) in [6, 6.07) is 18.5. The molecule has 3 heterocycles. The van der Waals surface area contributed by atoms with Crippen LogP contribution >= 0.6 is 22.9 Å². The Labute approximate surface area is 199 Å². The Balaban J connectivity index is 1.26. The van der Waals surface area contributed by atoms with Gasteiger partial charge in [0.25, 0.3) is 5.89 Å². The van der Waals surface area contributed by atoms with Gasteiger partial charge in [-0.25, -0.2) is 0 Å². The minimum absolute atomic E-state index is 0.0915. The Kier molecular flexibility index (Phi) is 5.93. The highest BCUT2D eigenvalue weighted by atomic mass is 35.5. The van der Waals surface area contributed by atoms with Crippen LogP contribution in [0.5, 0.6) is 0 Å². The predicted octanol–water partition coefficient (Wildman–Crippen LogP) is 4.79. The Morgan fingerprint density at radius 3 is 2.82 bits per heavy atom. The predicted molar refractivity (Wildman–Crippen MR) is 127 cm³/mol. The van der Waals surface area contributed by atoms with Gasteiger partial charge < -0.3 is 14.7 Å². The molecular weight excluding hydrogens is 460 g/mol. The molecule has 0 bridgehead atoms. The first-order valence-corrected chi connectivity index (χ1v) is 11.6. The topological polar surface area (TPSA) is 88.3 Å². The molecule has 1 saturated heterocycles. The first-order valence-electron chi connectivity index (χ1n) is 10.4. The number of amides is 2. The van der Waals surface area contributed by atoms with Crippen LogP contribution < -0.4 is 10.2 Å². The lowest BCUT2D eigenvalue weighted by atomic mass is 10.1. The van der Waals surface area contributed by atoms with Crippen LogP contribution in [0.1, 0.15) is 12.0 Å². The van der Waals surface area contributed by atoms with Crippen molar-refractivity contribution in [2.45, 2.75) is 13.0 Å². The number of thiophene rings is 1. The largest absolute Gasteiger partial charge is 0.352 e. The third kappa shape index (κ3) is 4.67. The zero-order valence-corrected chi connectivity index (χ0v) is 19.0. The number of nitrogens with zero attached hydrogens (tertiary/aromatic N) is 3. The first-order chi connectivity index (χ1) is 16.1. The Morgan fingerprint density at radius 2 is 2.03 bits per heavy atom. The lowest BCUT2D eigenvalue weighted by Gasteiger charge is -2.17. The van der Waals surface area contributed by atoms with Gasteiger partial charge in [-0.3, -0.25) is 9.59 Å². The van der Waals surface area contributed by atoms with E-state index in [4.69, 9.17) is 16.1 Å². The van der Waals surface area contributed by atoms with Crippen LogP contribution in [0.3, 0.4) is 0 Å². The van der Waals surface area contributed by atoms with Gasteiger partial charge in [-0.05, 0) is 41.3 Å². The maximum absolute atomic E-state index is 12.7. The quantitative estimate of drug-likeness (QED) is 0.430. The second-order valence-electron chi connectivity index (χ2n) is 7.70. The number of nitrogens with one attached hydrogen (secondary N) is 1. The number of aromatic nitrogens is 2. The van der Waals surface area contributed by atoms with Crippen molar-refractivity contribution in [2.75, 3.05) is 11.4 Å². The van der Waals surface area contributed by atoms with Crippen molar-refractivity contribution in [3.63, 3.8) is 0 Å². The second-order valence-corrected chi connectivity index (χ2v) is 9.08. The summed E-state index contributed by atoms with van der Waals surface area (Å²) in [5.41, 5.74) is 2.39. The number of carbonyl (C=O) groups excluding carboxylic acids is 2. The molecule has 5 rings (SSSR count). The summed E-state index contributed by atoms with van der Waals surface area (Å²) in [4.78, 5) is 32.4. The molecule has 0 spiro atoms. The molecule has 33 heavy (non-hydrogen) atoms. The smallest absolute Gasteiger partial charge is 0.268 e. The van der Waals surface area contributed by atoms with Gasteiger partial charge in [-0.1, -0.05) is 47.1 Å². The van der Waals surface area contributed by atoms with Gasteiger partial charge in [0.1, 0.15) is 0 Å². The monoisotopic (exact) mass is 478 g/mol. The highest BCUT2D eigenvalue weighted by Crippen LogP contribution is 2.30. The Hall–Kier alpha value is -3.49. The van der Waals surface area contributed by atoms with E-state index < -0.39 is 5.92 Å². The summed E-state index contributed by atoms with van der Waals surface area (Å²) in [7, 11) is 0. The minimum Gasteiger partial charge on any atom is -0.352 e. The normalized spacial score (nSPS) is 15.7. The zero-order chi connectivity index (χ0) is 22.8. The molecular formula is C24H19ClN4O3S. The molecule has 166 valence electrons. The molecule has 1 atom stereocenters. The minimum atomic E-state index is -0.413. The van der Waals surface area contributed by atoms with Gasteiger partial charge in [0.2, 0.25) is 17.6 Å². The summed E-state index contributed by atoms with van der Waals surface area (Å²) in [6.45, 7) is 0.710. The third-order valence-corrected chi connectivity index (χ3v) is 6.56. The van der Waals surface area contributed by atoms with Gasteiger partial charge in [-0.2, -0.15) is 4.98 Å². The summed E-state index contributed by atoms with van der Waals surface area (Å²) in [6.07, 6.45) is 0.168. The van der Waals surface area contributed by atoms with E-state index in [1.807, 2.05) is 53.9 Å². The summed E-state index contributed by atoms with van der Waals surface area (Å²) >= 11 is 7.42. The lowest BCUT2D eigenvalue weighted by Crippen LogP contribution is -2.32. The van der Waals surface area contributed by atoms with Crippen molar-refractivity contribution in [3.8, 4) is 22.2 Å². The van der Waals surface area contributed by atoms with Crippen LogP contribution in [-0.2, 0) is 16.1 Å². The van der Waals surface area contributed by atoms with E-state index in [2.05, 4.69) is 15.5 Å². The van der Waals surface area contributed by atoms with Crippen molar-refractivity contribution in [2.24, 2.45) is 5.92 Å². The van der Waals surface area contributed by atoms with E-state index in [0.717, 1.165) is 16.0 Å². The van der Waals surface area contributed by atoms with E-state index in [1.165, 1.54) is 11.3 Å². The number of rotatable bonds is 6. The maximum Gasteiger partial charge on any atom is 0.268 e. The molecule has 0 aliphatic carbocycles. The molecule has 4 aromatic rings. The van der Waals surface area contributed by atoms with Crippen LogP contribution in [0, 0.1) is 5.92 Å². The molecule has 2 amide bonds. The fraction of sp³-hybridized carbons (Fsp3) is 0.167. The van der Waals surface area contributed by atoms with Gasteiger partial charge >= 0.3 is 0 Å². The fourth-order valence-electron chi connectivity index (χ4n) is 3.72. The Morgan fingerprint density at radius 1 is 1.18 bits per heavy atom. The van der Waals surface area contributed by atoms with Crippen LogP contribution in [0.25, 0.3) is 22.2 Å².